The van der Waals surface area contributed by atoms with E-state index in [4.69, 9.17) is 4.74 Å². The molecule has 5 rings (SSSR count). The number of likely N-dealkylation sites (tertiary alicyclic amines) is 1. The minimum Gasteiger partial charge on any atom is -0.465 e. The summed E-state index contributed by atoms with van der Waals surface area (Å²) < 4.78 is 4.82. The molecule has 200 valence electrons. The largest absolute Gasteiger partial charge is 0.465 e. The third kappa shape index (κ3) is 5.42. The van der Waals surface area contributed by atoms with Crippen molar-refractivity contribution in [2.75, 3.05) is 44.9 Å². The number of carbonyl (C=O) groups excluding carboxylic acids is 3. The van der Waals surface area contributed by atoms with Crippen molar-refractivity contribution in [3.05, 3.63) is 95.1 Å². The second-order valence-electron chi connectivity index (χ2n) is 10.0. The zero-order valence-corrected chi connectivity index (χ0v) is 22.4. The van der Waals surface area contributed by atoms with Gasteiger partial charge in [-0.3, -0.25) is 9.59 Å². The first-order chi connectivity index (χ1) is 18.9. The molecule has 0 unspecified atom stereocenters. The third-order valence-electron chi connectivity index (χ3n) is 7.38. The number of hydrogen-bond acceptors (Lipinski definition) is 6. The van der Waals surface area contributed by atoms with Crippen molar-refractivity contribution in [2.24, 2.45) is 0 Å². The average Bonchev–Trinajstić information content (AvgIpc) is 3.30. The van der Waals surface area contributed by atoms with Gasteiger partial charge in [-0.1, -0.05) is 36.4 Å². The Kier molecular flexibility index (Phi) is 7.47. The Labute approximate surface area is 228 Å². The van der Waals surface area contributed by atoms with Gasteiger partial charge in [0.05, 0.1) is 29.6 Å². The van der Waals surface area contributed by atoms with Crippen molar-refractivity contribution in [1.29, 1.82) is 0 Å². The van der Waals surface area contributed by atoms with Gasteiger partial charge in [-0.15, -0.1) is 0 Å². The molecule has 0 aromatic heterocycles. The topological polar surface area (TPSA) is 91.0 Å². The maximum Gasteiger partial charge on any atom is 0.337 e. The molecule has 1 fully saturated rings. The molecule has 3 aromatic rings. The molecule has 2 aliphatic heterocycles. The van der Waals surface area contributed by atoms with Gasteiger partial charge in [-0.25, -0.2) is 4.79 Å². The molecule has 39 heavy (non-hydrogen) atoms. The number of hydrogen-bond donors (Lipinski definition) is 2. The van der Waals surface area contributed by atoms with E-state index in [-0.39, 0.29) is 11.8 Å². The Morgan fingerprint density at radius 3 is 2.23 bits per heavy atom. The first kappa shape index (κ1) is 26.2. The second-order valence-corrected chi connectivity index (χ2v) is 10.0. The third-order valence-corrected chi connectivity index (χ3v) is 7.38. The van der Waals surface area contributed by atoms with Crippen molar-refractivity contribution < 1.29 is 19.1 Å². The minimum atomic E-state index is -0.470. The predicted molar refractivity (Wildman–Crippen MR) is 152 cm³/mol. The number of carbonyl (C=O) groups is 3. The van der Waals surface area contributed by atoms with Crippen molar-refractivity contribution in [2.45, 2.75) is 18.9 Å². The van der Waals surface area contributed by atoms with Crippen molar-refractivity contribution in [3.8, 4) is 0 Å². The first-order valence-corrected chi connectivity index (χ1v) is 13.0. The number of piperidine rings is 1. The van der Waals surface area contributed by atoms with Crippen LogP contribution in [0.25, 0.3) is 11.3 Å². The molecule has 0 bridgehead atoms. The number of ether oxygens (including phenoxy) is 1. The zero-order chi connectivity index (χ0) is 27.5. The molecule has 8 nitrogen and oxygen atoms in total. The van der Waals surface area contributed by atoms with Crippen molar-refractivity contribution in [1.82, 2.24) is 9.80 Å². The lowest BCUT2D eigenvalue weighted by atomic mass is 9.99. The number of methoxy groups -OCH3 is 1. The fourth-order valence-electron chi connectivity index (χ4n) is 5.16. The molecule has 0 saturated carbocycles. The normalized spacial score (nSPS) is 16.5. The molecule has 8 heteroatoms. The lowest BCUT2D eigenvalue weighted by molar-refractivity contribution is -0.110. The van der Waals surface area contributed by atoms with Gasteiger partial charge < -0.3 is 25.2 Å². The number of amides is 2. The van der Waals surface area contributed by atoms with E-state index in [1.807, 2.05) is 59.5 Å². The Morgan fingerprint density at radius 2 is 1.59 bits per heavy atom. The van der Waals surface area contributed by atoms with Crippen LogP contribution in [0.4, 0.5) is 11.4 Å². The lowest BCUT2D eigenvalue weighted by Gasteiger charge is -2.35. The van der Waals surface area contributed by atoms with Gasteiger partial charge in [-0.05, 0) is 68.9 Å². The van der Waals surface area contributed by atoms with Gasteiger partial charge in [0.2, 0.25) is 0 Å². The van der Waals surface area contributed by atoms with Crippen LogP contribution in [-0.2, 0) is 9.53 Å². The van der Waals surface area contributed by atoms with Crippen LogP contribution in [-0.4, -0.2) is 67.9 Å². The SMILES string of the molecule is COC(=O)c1ccc2c(c1)NC(=O)/C2=C(\Nc1ccc(C(=O)N2CCC(N(C)C)CC2)cc1)c1ccccc1. The Bertz CT molecular complexity index is 1420. The van der Waals surface area contributed by atoms with Gasteiger partial charge in [0.25, 0.3) is 11.8 Å². The smallest absolute Gasteiger partial charge is 0.337 e. The summed E-state index contributed by atoms with van der Waals surface area (Å²) in [4.78, 5) is 42.5. The molecule has 2 heterocycles. The van der Waals surface area contributed by atoms with Crippen LogP contribution in [0.3, 0.4) is 0 Å². The first-order valence-electron chi connectivity index (χ1n) is 13.0. The van der Waals surface area contributed by atoms with E-state index in [0.717, 1.165) is 37.2 Å². The molecule has 0 radical (unpaired) electrons. The number of nitrogens with one attached hydrogen (secondary N) is 2. The van der Waals surface area contributed by atoms with Crippen LogP contribution in [0.5, 0.6) is 0 Å². The molecule has 0 spiro atoms. The summed E-state index contributed by atoms with van der Waals surface area (Å²) >= 11 is 0. The number of benzene rings is 3. The van der Waals surface area contributed by atoms with Crippen LogP contribution >= 0.6 is 0 Å². The molecule has 3 aromatic carbocycles. The van der Waals surface area contributed by atoms with E-state index in [1.165, 1.54) is 7.11 Å². The Balaban J connectivity index is 1.43. The number of nitrogens with zero attached hydrogens (tertiary/aromatic N) is 2. The number of anilines is 2. The lowest BCUT2D eigenvalue weighted by Crippen LogP contribution is -2.44. The summed E-state index contributed by atoms with van der Waals surface area (Å²) in [5.74, 6) is -0.709. The fourth-order valence-corrected chi connectivity index (χ4v) is 5.16. The Hall–Kier alpha value is -4.43. The van der Waals surface area contributed by atoms with Gasteiger partial charge in [-0.2, -0.15) is 0 Å². The highest BCUT2D eigenvalue weighted by atomic mass is 16.5. The van der Waals surface area contributed by atoms with E-state index in [0.29, 0.717) is 39.7 Å². The van der Waals surface area contributed by atoms with Crippen LogP contribution in [0.15, 0.2) is 72.8 Å². The molecular weight excluding hydrogens is 492 g/mol. The summed E-state index contributed by atoms with van der Waals surface area (Å²) in [5.41, 5.74) is 4.90. The van der Waals surface area contributed by atoms with E-state index < -0.39 is 5.97 Å². The molecule has 2 N–H and O–H groups in total. The molecule has 0 atom stereocenters. The van der Waals surface area contributed by atoms with Crippen LogP contribution < -0.4 is 10.6 Å². The standard InChI is InChI=1S/C31H32N4O4/c1-34(2)24-15-17-35(18-16-24)30(37)21-9-12-23(13-10-21)32-28(20-7-5-4-6-8-20)27-25-14-11-22(31(38)39-3)19-26(25)33-29(27)36/h4-14,19,24,32H,15-18H2,1-3H3,(H,33,36)/b28-27-. The van der Waals surface area contributed by atoms with Gasteiger partial charge in [0.15, 0.2) is 0 Å². The zero-order valence-electron chi connectivity index (χ0n) is 22.4. The predicted octanol–water partition coefficient (Wildman–Crippen LogP) is 4.57. The molecule has 2 amide bonds. The maximum atomic E-state index is 13.2. The van der Waals surface area contributed by atoms with Gasteiger partial charge in [0.1, 0.15) is 0 Å². The average molecular weight is 525 g/mol. The van der Waals surface area contributed by atoms with Gasteiger partial charge >= 0.3 is 5.97 Å². The maximum absolute atomic E-state index is 13.2. The monoisotopic (exact) mass is 524 g/mol. The van der Waals surface area contributed by atoms with E-state index in [1.54, 1.807) is 18.2 Å². The molecule has 2 aliphatic rings. The van der Waals surface area contributed by atoms with Gasteiger partial charge in [0, 0.05) is 35.9 Å². The summed E-state index contributed by atoms with van der Waals surface area (Å²) in [6.45, 7) is 1.50. The summed E-state index contributed by atoms with van der Waals surface area (Å²) in [5, 5.41) is 6.29. The number of esters is 1. The fraction of sp³-hybridized carbons (Fsp3) is 0.258. The second kappa shape index (κ2) is 11.1. The van der Waals surface area contributed by atoms with Crippen LogP contribution in [0, 0.1) is 0 Å². The van der Waals surface area contributed by atoms with Crippen molar-refractivity contribution >= 4 is 40.4 Å². The highest BCUT2D eigenvalue weighted by molar-refractivity contribution is 6.37. The molecule has 0 aliphatic carbocycles. The van der Waals surface area contributed by atoms with Crippen LogP contribution in [0.1, 0.15) is 44.7 Å². The summed E-state index contributed by atoms with van der Waals surface area (Å²) in [7, 11) is 5.49. The van der Waals surface area contributed by atoms with E-state index in [9.17, 15) is 14.4 Å². The quantitative estimate of drug-likeness (QED) is 0.363. The van der Waals surface area contributed by atoms with E-state index in [2.05, 4.69) is 29.6 Å². The molecule has 1 saturated heterocycles. The highest BCUT2D eigenvalue weighted by Crippen LogP contribution is 2.38. The molecular formula is C31H32N4O4. The van der Waals surface area contributed by atoms with E-state index >= 15 is 0 Å². The van der Waals surface area contributed by atoms with Crippen LogP contribution in [0.2, 0.25) is 0 Å². The summed E-state index contributed by atoms with van der Waals surface area (Å²) in [6, 6.07) is 22.5. The number of fused-ring (bicyclic) bond motifs is 1. The summed E-state index contributed by atoms with van der Waals surface area (Å²) in [6.07, 6.45) is 1.94. The Morgan fingerprint density at radius 1 is 0.923 bits per heavy atom. The highest BCUT2D eigenvalue weighted by Gasteiger charge is 2.30. The van der Waals surface area contributed by atoms with Crippen molar-refractivity contribution in [3.63, 3.8) is 0 Å². The number of rotatable bonds is 6. The minimum absolute atomic E-state index is 0.0332.